The van der Waals surface area contributed by atoms with Crippen LogP contribution >= 0.6 is 0 Å². The molecule has 0 bridgehead atoms. The molecule has 0 saturated carbocycles. The Labute approximate surface area is 130 Å². The van der Waals surface area contributed by atoms with Crippen LogP contribution < -0.4 is 10.1 Å². The SMILES string of the molecule is COc1ccc(CNc2ccc(C(F)(F)F)cc2C#N)cc1F. The lowest BCUT2D eigenvalue weighted by Gasteiger charge is -2.12. The monoisotopic (exact) mass is 324 g/mol. The van der Waals surface area contributed by atoms with Crippen LogP contribution in [0.4, 0.5) is 23.2 Å². The summed E-state index contributed by atoms with van der Waals surface area (Å²) in [5, 5.41) is 11.8. The van der Waals surface area contributed by atoms with E-state index in [1.165, 1.54) is 25.3 Å². The third-order valence-corrected chi connectivity index (χ3v) is 3.17. The smallest absolute Gasteiger partial charge is 0.416 e. The van der Waals surface area contributed by atoms with Crippen molar-refractivity contribution in [2.75, 3.05) is 12.4 Å². The van der Waals surface area contributed by atoms with Crippen LogP contribution in [0.3, 0.4) is 0 Å². The van der Waals surface area contributed by atoms with Gasteiger partial charge in [-0.05, 0) is 35.9 Å². The Bertz CT molecular complexity index is 751. The molecule has 1 N–H and O–H groups in total. The lowest BCUT2D eigenvalue weighted by atomic mass is 10.1. The van der Waals surface area contributed by atoms with Gasteiger partial charge in [0.1, 0.15) is 6.07 Å². The van der Waals surface area contributed by atoms with E-state index in [2.05, 4.69) is 5.32 Å². The first-order valence-electron chi connectivity index (χ1n) is 6.53. The molecule has 0 atom stereocenters. The van der Waals surface area contributed by atoms with Gasteiger partial charge >= 0.3 is 6.18 Å². The molecular weight excluding hydrogens is 312 g/mol. The van der Waals surface area contributed by atoms with Gasteiger partial charge in [0.15, 0.2) is 11.6 Å². The van der Waals surface area contributed by atoms with Crippen molar-refractivity contribution in [3.63, 3.8) is 0 Å². The second-order valence-corrected chi connectivity index (χ2v) is 4.69. The third-order valence-electron chi connectivity index (χ3n) is 3.17. The van der Waals surface area contributed by atoms with Crippen molar-refractivity contribution in [3.8, 4) is 11.8 Å². The Morgan fingerprint density at radius 1 is 1.17 bits per heavy atom. The Morgan fingerprint density at radius 3 is 2.48 bits per heavy atom. The lowest BCUT2D eigenvalue weighted by Crippen LogP contribution is -2.07. The Balaban J connectivity index is 2.18. The molecule has 3 nitrogen and oxygen atoms in total. The molecule has 0 fully saturated rings. The van der Waals surface area contributed by atoms with Crippen LogP contribution in [0.5, 0.6) is 5.75 Å². The second kappa shape index (κ2) is 6.57. The van der Waals surface area contributed by atoms with Gasteiger partial charge in [0.2, 0.25) is 0 Å². The Kier molecular flexibility index (Phi) is 4.74. The van der Waals surface area contributed by atoms with Crippen LogP contribution in [0.25, 0.3) is 0 Å². The van der Waals surface area contributed by atoms with E-state index < -0.39 is 17.6 Å². The number of nitrogens with one attached hydrogen (secondary N) is 1. The van der Waals surface area contributed by atoms with E-state index in [1.54, 1.807) is 12.1 Å². The van der Waals surface area contributed by atoms with Gasteiger partial charge < -0.3 is 10.1 Å². The average Bonchev–Trinajstić information content (AvgIpc) is 2.52. The zero-order valence-corrected chi connectivity index (χ0v) is 12.0. The zero-order valence-electron chi connectivity index (χ0n) is 12.0. The number of hydrogen-bond acceptors (Lipinski definition) is 3. The van der Waals surface area contributed by atoms with Crippen molar-refractivity contribution in [1.82, 2.24) is 0 Å². The van der Waals surface area contributed by atoms with Crippen LogP contribution in [0.1, 0.15) is 16.7 Å². The average molecular weight is 324 g/mol. The molecule has 0 aliphatic heterocycles. The fourth-order valence-electron chi connectivity index (χ4n) is 1.98. The number of nitriles is 1. The number of rotatable bonds is 4. The normalized spacial score (nSPS) is 11.0. The van der Waals surface area contributed by atoms with Gasteiger partial charge in [0.05, 0.1) is 23.9 Å². The van der Waals surface area contributed by atoms with Crippen molar-refractivity contribution in [3.05, 3.63) is 58.9 Å². The standard InChI is InChI=1S/C16H12F4N2O/c1-23-15-5-2-10(6-13(15)17)9-22-14-4-3-12(16(18,19)20)7-11(14)8-21/h2-7,22H,9H2,1H3. The first-order chi connectivity index (χ1) is 10.8. The summed E-state index contributed by atoms with van der Waals surface area (Å²) in [4.78, 5) is 0. The molecule has 2 aromatic carbocycles. The highest BCUT2D eigenvalue weighted by Crippen LogP contribution is 2.31. The molecule has 0 spiro atoms. The maximum absolute atomic E-state index is 13.6. The lowest BCUT2D eigenvalue weighted by molar-refractivity contribution is -0.137. The maximum Gasteiger partial charge on any atom is 0.416 e. The van der Waals surface area contributed by atoms with Crippen molar-refractivity contribution >= 4 is 5.69 Å². The number of benzene rings is 2. The van der Waals surface area contributed by atoms with Gasteiger partial charge in [-0.1, -0.05) is 6.07 Å². The van der Waals surface area contributed by atoms with Gasteiger partial charge in [0.25, 0.3) is 0 Å². The quantitative estimate of drug-likeness (QED) is 0.851. The molecular formula is C16H12F4N2O. The first kappa shape index (κ1) is 16.6. The van der Waals surface area contributed by atoms with E-state index >= 15 is 0 Å². The minimum absolute atomic E-state index is 0.0981. The van der Waals surface area contributed by atoms with Crippen molar-refractivity contribution in [2.45, 2.75) is 12.7 Å². The van der Waals surface area contributed by atoms with Crippen LogP contribution in [-0.2, 0) is 12.7 Å². The van der Waals surface area contributed by atoms with Gasteiger partial charge in [-0.3, -0.25) is 0 Å². The summed E-state index contributed by atoms with van der Waals surface area (Å²) in [5.74, 6) is -0.444. The molecule has 120 valence electrons. The van der Waals surface area contributed by atoms with Crippen molar-refractivity contribution < 1.29 is 22.3 Å². The van der Waals surface area contributed by atoms with Gasteiger partial charge in [0, 0.05) is 6.54 Å². The number of alkyl halides is 3. The molecule has 2 aromatic rings. The van der Waals surface area contributed by atoms with E-state index in [1.807, 2.05) is 0 Å². The van der Waals surface area contributed by atoms with Crippen LogP contribution in [0.15, 0.2) is 36.4 Å². The number of ether oxygens (including phenoxy) is 1. The number of methoxy groups -OCH3 is 1. The summed E-state index contributed by atoms with van der Waals surface area (Å²) in [6.07, 6.45) is -4.51. The molecule has 0 heterocycles. The number of nitrogens with zero attached hydrogens (tertiary/aromatic N) is 1. The molecule has 23 heavy (non-hydrogen) atoms. The Morgan fingerprint density at radius 2 is 1.91 bits per heavy atom. The molecule has 0 aliphatic rings. The molecule has 0 aromatic heterocycles. The second-order valence-electron chi connectivity index (χ2n) is 4.69. The predicted molar refractivity (Wildman–Crippen MR) is 76.4 cm³/mol. The molecule has 7 heteroatoms. The molecule has 0 saturated heterocycles. The number of hydrogen-bond donors (Lipinski definition) is 1. The summed E-state index contributed by atoms with van der Waals surface area (Å²) in [5.41, 5.74) is -0.215. The third kappa shape index (κ3) is 3.92. The number of anilines is 1. The highest BCUT2D eigenvalue weighted by atomic mass is 19.4. The first-order valence-corrected chi connectivity index (χ1v) is 6.53. The topological polar surface area (TPSA) is 45.0 Å². The fraction of sp³-hybridized carbons (Fsp3) is 0.188. The summed E-state index contributed by atoms with van der Waals surface area (Å²) >= 11 is 0. The van der Waals surface area contributed by atoms with Gasteiger partial charge in [-0.15, -0.1) is 0 Å². The van der Waals surface area contributed by atoms with E-state index in [4.69, 9.17) is 10.00 Å². The van der Waals surface area contributed by atoms with E-state index in [9.17, 15) is 17.6 Å². The fourth-order valence-corrected chi connectivity index (χ4v) is 1.98. The molecule has 0 unspecified atom stereocenters. The van der Waals surface area contributed by atoms with Crippen LogP contribution in [0.2, 0.25) is 0 Å². The summed E-state index contributed by atoms with van der Waals surface area (Å²) in [6, 6.07) is 8.88. The summed E-state index contributed by atoms with van der Waals surface area (Å²) in [6.45, 7) is 0.154. The minimum Gasteiger partial charge on any atom is -0.494 e. The Hall–Kier alpha value is -2.75. The van der Waals surface area contributed by atoms with Crippen molar-refractivity contribution in [1.29, 1.82) is 5.26 Å². The summed E-state index contributed by atoms with van der Waals surface area (Å²) < 4.78 is 56.2. The largest absolute Gasteiger partial charge is 0.494 e. The van der Waals surface area contributed by atoms with Crippen molar-refractivity contribution in [2.24, 2.45) is 0 Å². The molecule has 2 rings (SSSR count). The maximum atomic E-state index is 13.6. The zero-order chi connectivity index (χ0) is 17.0. The molecule has 0 amide bonds. The predicted octanol–water partition coefficient (Wildman–Crippen LogP) is 4.34. The van der Waals surface area contributed by atoms with E-state index in [-0.39, 0.29) is 23.5 Å². The van der Waals surface area contributed by atoms with E-state index in [0.717, 1.165) is 12.1 Å². The van der Waals surface area contributed by atoms with Crippen LogP contribution in [0, 0.1) is 17.1 Å². The van der Waals surface area contributed by atoms with Gasteiger partial charge in [-0.25, -0.2) is 4.39 Å². The number of halogens is 4. The van der Waals surface area contributed by atoms with E-state index in [0.29, 0.717) is 5.56 Å². The van der Waals surface area contributed by atoms with Gasteiger partial charge in [-0.2, -0.15) is 18.4 Å². The highest BCUT2D eigenvalue weighted by molar-refractivity contribution is 5.59. The molecule has 0 radical (unpaired) electrons. The molecule has 0 aliphatic carbocycles. The highest BCUT2D eigenvalue weighted by Gasteiger charge is 2.31. The van der Waals surface area contributed by atoms with Crippen LogP contribution in [-0.4, -0.2) is 7.11 Å². The summed E-state index contributed by atoms with van der Waals surface area (Å²) in [7, 11) is 1.34. The minimum atomic E-state index is -4.51.